The molecule has 0 unspecified atom stereocenters. The van der Waals surface area contributed by atoms with E-state index in [0.29, 0.717) is 28.5 Å². The zero-order valence-corrected chi connectivity index (χ0v) is 23.1. The van der Waals surface area contributed by atoms with Crippen LogP contribution in [0.15, 0.2) is 34.8 Å². The zero-order chi connectivity index (χ0) is 27.2. The Morgan fingerprint density at radius 2 is 2.03 bits per heavy atom. The molecule has 1 aliphatic carbocycles. The first-order valence-electron chi connectivity index (χ1n) is 12.4. The third kappa shape index (κ3) is 5.20. The van der Waals surface area contributed by atoms with Crippen molar-refractivity contribution in [2.24, 2.45) is 5.92 Å². The summed E-state index contributed by atoms with van der Waals surface area (Å²) in [7, 11) is 0. The van der Waals surface area contributed by atoms with Gasteiger partial charge in [0, 0.05) is 21.8 Å². The van der Waals surface area contributed by atoms with Crippen LogP contribution >= 0.6 is 27.3 Å². The number of thiophene rings is 1. The molecule has 1 aliphatic heterocycles. The molecule has 12 heteroatoms. The molecule has 3 atom stereocenters. The van der Waals surface area contributed by atoms with Crippen LogP contribution in [-0.2, 0) is 17.6 Å². The summed E-state index contributed by atoms with van der Waals surface area (Å²) in [5.74, 6) is -0.660. The molecular formula is C26H26BrF3N4O3S. The lowest BCUT2D eigenvalue weighted by Gasteiger charge is -2.33. The van der Waals surface area contributed by atoms with Gasteiger partial charge in [0.05, 0.1) is 18.2 Å². The summed E-state index contributed by atoms with van der Waals surface area (Å²) in [5.41, 5.74) is 1.73. The van der Waals surface area contributed by atoms with Gasteiger partial charge in [-0.05, 0) is 55.4 Å². The normalized spacial score (nSPS) is 20.7. The number of carbonyl (C=O) groups excluding carboxylic acids is 2. The summed E-state index contributed by atoms with van der Waals surface area (Å²) in [6.07, 6.45) is -2.43. The van der Waals surface area contributed by atoms with Crippen molar-refractivity contribution in [3.63, 3.8) is 0 Å². The van der Waals surface area contributed by atoms with E-state index in [1.807, 2.05) is 0 Å². The number of esters is 1. The molecule has 2 aliphatic rings. The standard InChI is InChI=1S/C26H26BrF3N4O3S/c1-3-37-25(36)22-16-9-4-13(2)10-19(16)38-24(22)32-23(35)18-12-21-31-17(14-5-7-15(27)8-6-14)11-20(26(28,29)30)34(21)33-18/h5-8,12-13,17,20,31H,3-4,9-11H2,1-2H3,(H,32,35)/t13-,17+,20-/m0/s1. The minimum Gasteiger partial charge on any atom is -0.462 e. The number of halogens is 4. The first kappa shape index (κ1) is 26.7. The van der Waals surface area contributed by atoms with Crippen LogP contribution in [0.3, 0.4) is 0 Å². The Hall–Kier alpha value is -2.86. The smallest absolute Gasteiger partial charge is 0.410 e. The van der Waals surface area contributed by atoms with Crippen LogP contribution in [-0.4, -0.2) is 34.4 Å². The van der Waals surface area contributed by atoms with Crippen molar-refractivity contribution in [2.45, 2.75) is 57.8 Å². The van der Waals surface area contributed by atoms with Crippen LogP contribution in [0, 0.1) is 5.92 Å². The average molecular weight is 611 g/mol. The predicted octanol–water partition coefficient (Wildman–Crippen LogP) is 6.92. The van der Waals surface area contributed by atoms with Gasteiger partial charge < -0.3 is 15.4 Å². The van der Waals surface area contributed by atoms with Crippen molar-refractivity contribution < 1.29 is 27.5 Å². The number of aromatic nitrogens is 2. The number of benzene rings is 1. The van der Waals surface area contributed by atoms with Crippen molar-refractivity contribution in [2.75, 3.05) is 17.2 Å². The van der Waals surface area contributed by atoms with Gasteiger partial charge in [-0.2, -0.15) is 18.3 Å². The lowest BCUT2D eigenvalue weighted by atomic mass is 9.88. The van der Waals surface area contributed by atoms with Crippen molar-refractivity contribution in [1.29, 1.82) is 0 Å². The van der Waals surface area contributed by atoms with Gasteiger partial charge in [-0.3, -0.25) is 4.79 Å². The second kappa shape index (κ2) is 10.4. The van der Waals surface area contributed by atoms with Crippen molar-refractivity contribution in [3.05, 3.63) is 62.1 Å². The molecule has 2 N–H and O–H groups in total. The third-order valence-corrected chi connectivity index (χ3v) is 8.61. The molecule has 0 saturated heterocycles. The molecule has 0 radical (unpaired) electrons. The number of alkyl halides is 3. The number of carbonyl (C=O) groups is 2. The van der Waals surface area contributed by atoms with E-state index >= 15 is 0 Å². The highest BCUT2D eigenvalue weighted by Crippen LogP contribution is 2.44. The van der Waals surface area contributed by atoms with Crippen molar-refractivity contribution in [1.82, 2.24) is 9.78 Å². The van der Waals surface area contributed by atoms with E-state index < -0.39 is 30.1 Å². The maximum Gasteiger partial charge on any atom is 0.410 e. The number of rotatable bonds is 5. The molecule has 38 heavy (non-hydrogen) atoms. The number of fused-ring (bicyclic) bond motifs is 2. The Bertz CT molecular complexity index is 1370. The van der Waals surface area contributed by atoms with Gasteiger partial charge in [0.1, 0.15) is 10.8 Å². The number of nitrogens with zero attached hydrogens (tertiary/aromatic N) is 2. The Morgan fingerprint density at radius 3 is 2.71 bits per heavy atom. The van der Waals surface area contributed by atoms with E-state index in [-0.39, 0.29) is 24.5 Å². The zero-order valence-electron chi connectivity index (χ0n) is 20.7. The summed E-state index contributed by atoms with van der Waals surface area (Å²) < 4.78 is 49.1. The molecule has 0 fully saturated rings. The van der Waals surface area contributed by atoms with Gasteiger partial charge in [-0.15, -0.1) is 11.3 Å². The second-order valence-corrected chi connectivity index (χ2v) is 11.7. The second-order valence-electron chi connectivity index (χ2n) is 9.63. The molecule has 3 aromatic rings. The van der Waals surface area contributed by atoms with Crippen molar-refractivity contribution in [3.8, 4) is 0 Å². The van der Waals surface area contributed by atoms with E-state index in [1.165, 1.54) is 17.4 Å². The number of ether oxygens (including phenoxy) is 1. The molecular weight excluding hydrogens is 585 g/mol. The van der Waals surface area contributed by atoms with Gasteiger partial charge in [0.2, 0.25) is 0 Å². The van der Waals surface area contributed by atoms with E-state index in [4.69, 9.17) is 4.74 Å². The van der Waals surface area contributed by atoms with E-state index in [9.17, 15) is 22.8 Å². The summed E-state index contributed by atoms with van der Waals surface area (Å²) in [6.45, 7) is 4.02. The summed E-state index contributed by atoms with van der Waals surface area (Å²) >= 11 is 4.66. The maximum absolute atomic E-state index is 14.1. The fourth-order valence-corrected chi connectivity index (χ4v) is 6.68. The highest BCUT2D eigenvalue weighted by atomic mass is 79.9. The minimum absolute atomic E-state index is 0.0987. The summed E-state index contributed by atoms with van der Waals surface area (Å²) in [4.78, 5) is 27.0. The van der Waals surface area contributed by atoms with Crippen LogP contribution in [0.25, 0.3) is 0 Å². The lowest BCUT2D eigenvalue weighted by Crippen LogP contribution is -2.35. The Morgan fingerprint density at radius 1 is 1.29 bits per heavy atom. The number of nitrogens with one attached hydrogen (secondary N) is 2. The van der Waals surface area contributed by atoms with E-state index in [0.717, 1.165) is 32.4 Å². The molecule has 0 bridgehead atoms. The molecule has 7 nitrogen and oxygen atoms in total. The summed E-state index contributed by atoms with van der Waals surface area (Å²) in [6, 6.07) is 5.85. The van der Waals surface area contributed by atoms with E-state index in [2.05, 4.69) is 38.6 Å². The van der Waals surface area contributed by atoms with Crippen molar-refractivity contribution >= 4 is 50.0 Å². The Labute approximate surface area is 229 Å². The van der Waals surface area contributed by atoms with Crippen LogP contribution in [0.1, 0.15) is 75.6 Å². The first-order chi connectivity index (χ1) is 18.0. The highest BCUT2D eigenvalue weighted by Gasteiger charge is 2.47. The van der Waals surface area contributed by atoms with Crippen LogP contribution in [0.5, 0.6) is 0 Å². The molecule has 202 valence electrons. The largest absolute Gasteiger partial charge is 0.462 e. The quantitative estimate of drug-likeness (QED) is 0.306. The molecule has 1 amide bonds. The van der Waals surface area contributed by atoms with E-state index in [1.54, 1.807) is 31.2 Å². The maximum atomic E-state index is 14.1. The Kier molecular flexibility index (Phi) is 7.29. The summed E-state index contributed by atoms with van der Waals surface area (Å²) in [5, 5.41) is 10.2. The topological polar surface area (TPSA) is 85.2 Å². The van der Waals surface area contributed by atoms with Crippen LogP contribution in [0.4, 0.5) is 24.0 Å². The molecule has 0 spiro atoms. The van der Waals surface area contributed by atoms with Crippen LogP contribution in [0.2, 0.25) is 0 Å². The molecule has 0 saturated carbocycles. The van der Waals surface area contributed by atoms with Gasteiger partial charge in [-0.1, -0.05) is 35.0 Å². The number of hydrogen-bond donors (Lipinski definition) is 2. The monoisotopic (exact) mass is 610 g/mol. The fourth-order valence-electron chi connectivity index (χ4n) is 5.02. The van der Waals surface area contributed by atoms with Gasteiger partial charge in [0.25, 0.3) is 5.91 Å². The predicted molar refractivity (Wildman–Crippen MR) is 142 cm³/mol. The molecule has 3 heterocycles. The molecule has 2 aromatic heterocycles. The lowest BCUT2D eigenvalue weighted by molar-refractivity contribution is -0.173. The molecule has 5 rings (SSSR count). The van der Waals surface area contributed by atoms with Gasteiger partial charge >= 0.3 is 12.1 Å². The fraction of sp³-hybridized carbons (Fsp3) is 0.423. The number of hydrogen-bond acceptors (Lipinski definition) is 6. The highest BCUT2D eigenvalue weighted by molar-refractivity contribution is 9.10. The first-order valence-corrected chi connectivity index (χ1v) is 14.0. The molecule has 1 aromatic carbocycles. The Balaban J connectivity index is 1.45. The number of amides is 1. The SMILES string of the molecule is CCOC(=O)c1c(NC(=O)c2cc3n(n2)[C@H](C(F)(F)F)C[C@H](c2ccc(Br)cc2)N3)sc2c1CC[C@H](C)C2. The average Bonchev–Trinajstić information content (AvgIpc) is 3.44. The number of anilines is 2. The van der Waals surface area contributed by atoms with Gasteiger partial charge in [-0.25, -0.2) is 9.48 Å². The third-order valence-electron chi connectivity index (χ3n) is 6.91. The minimum atomic E-state index is -4.56. The van der Waals surface area contributed by atoms with Gasteiger partial charge in [0.15, 0.2) is 11.7 Å². The van der Waals surface area contributed by atoms with Crippen LogP contribution < -0.4 is 10.6 Å².